The Morgan fingerprint density at radius 1 is 1.04 bits per heavy atom. The molecule has 23 heavy (non-hydrogen) atoms. The van der Waals surface area contributed by atoms with E-state index in [-0.39, 0.29) is 22.7 Å². The van der Waals surface area contributed by atoms with Crippen LogP contribution in [0.2, 0.25) is 0 Å². The largest absolute Gasteiger partial charge is 0.352 e. The molecule has 0 bridgehead atoms. The predicted molar refractivity (Wildman–Crippen MR) is 102 cm³/mol. The van der Waals surface area contributed by atoms with Gasteiger partial charge in [-0.25, -0.2) is 0 Å². The molecule has 1 unspecified atom stereocenters. The summed E-state index contributed by atoms with van der Waals surface area (Å²) in [5, 5.41) is 3.13. The fourth-order valence-corrected chi connectivity index (χ4v) is 2.55. The van der Waals surface area contributed by atoms with Gasteiger partial charge in [-0.15, -0.1) is 0 Å². The molecular weight excluding hydrogens is 282 g/mol. The summed E-state index contributed by atoms with van der Waals surface area (Å²) in [6, 6.07) is 0. The number of carbonyl (C=O) groups is 1. The highest BCUT2D eigenvalue weighted by Crippen LogP contribution is 2.36. The van der Waals surface area contributed by atoms with Crippen LogP contribution in [-0.4, -0.2) is 12.5 Å². The molecule has 0 saturated heterocycles. The van der Waals surface area contributed by atoms with E-state index >= 15 is 0 Å². The molecule has 0 aliphatic rings. The molecule has 0 radical (unpaired) electrons. The van der Waals surface area contributed by atoms with E-state index in [1.807, 2.05) is 13.0 Å². The van der Waals surface area contributed by atoms with Crippen LogP contribution < -0.4 is 5.32 Å². The summed E-state index contributed by atoms with van der Waals surface area (Å²) < 4.78 is 0. The molecule has 0 aromatic heterocycles. The average molecular weight is 320 g/mol. The second-order valence-corrected chi connectivity index (χ2v) is 9.19. The summed E-state index contributed by atoms with van der Waals surface area (Å²) in [5.41, 5.74) is 3.38. The topological polar surface area (TPSA) is 29.1 Å². The number of allylic oxidation sites excluding steroid dienone is 3. The zero-order valence-corrected chi connectivity index (χ0v) is 16.8. The highest BCUT2D eigenvalue weighted by molar-refractivity contribution is 5.79. The first-order valence-corrected chi connectivity index (χ1v) is 8.51. The van der Waals surface area contributed by atoms with E-state index in [2.05, 4.69) is 73.4 Å². The minimum absolute atomic E-state index is 0.000260. The lowest BCUT2D eigenvalue weighted by molar-refractivity contribution is -0.129. The molecule has 2 heteroatoms. The minimum Gasteiger partial charge on any atom is -0.352 e. The van der Waals surface area contributed by atoms with Crippen LogP contribution in [0.3, 0.4) is 0 Å². The maximum Gasteiger partial charge on any atom is 0.223 e. The molecule has 0 aliphatic heterocycles. The Labute approximate surface area is 144 Å². The molecule has 1 amide bonds. The van der Waals surface area contributed by atoms with Gasteiger partial charge in [0.15, 0.2) is 0 Å². The van der Waals surface area contributed by atoms with Gasteiger partial charge in [0.1, 0.15) is 0 Å². The lowest BCUT2D eigenvalue weighted by atomic mass is 9.71. The number of carbonyl (C=O) groups excluding carboxylic acids is 1. The fraction of sp³-hybridized carbons (Fsp3) is 0.667. The van der Waals surface area contributed by atoms with Gasteiger partial charge in [0, 0.05) is 12.5 Å². The first-order valence-electron chi connectivity index (χ1n) is 8.51. The van der Waals surface area contributed by atoms with Crippen LogP contribution in [0.25, 0.3) is 0 Å². The van der Waals surface area contributed by atoms with Crippen molar-refractivity contribution >= 4 is 5.91 Å². The van der Waals surface area contributed by atoms with Crippen LogP contribution in [0.15, 0.2) is 35.5 Å². The van der Waals surface area contributed by atoms with Crippen LogP contribution in [0.1, 0.15) is 68.7 Å². The van der Waals surface area contributed by atoms with Crippen molar-refractivity contribution in [1.29, 1.82) is 0 Å². The zero-order valence-electron chi connectivity index (χ0n) is 16.8. The van der Waals surface area contributed by atoms with Crippen molar-refractivity contribution in [1.82, 2.24) is 5.32 Å². The Hall–Kier alpha value is -1.31. The second-order valence-electron chi connectivity index (χ2n) is 9.19. The maximum atomic E-state index is 12.8. The van der Waals surface area contributed by atoms with Crippen molar-refractivity contribution in [3.63, 3.8) is 0 Å². The molecule has 0 saturated carbocycles. The van der Waals surface area contributed by atoms with Crippen molar-refractivity contribution in [2.45, 2.75) is 68.7 Å². The molecule has 1 N–H and O–H groups in total. The van der Waals surface area contributed by atoms with E-state index in [0.29, 0.717) is 6.54 Å². The minimum atomic E-state index is -0.0495. The van der Waals surface area contributed by atoms with Crippen molar-refractivity contribution < 1.29 is 4.79 Å². The van der Waals surface area contributed by atoms with Gasteiger partial charge in [0.05, 0.1) is 0 Å². The van der Waals surface area contributed by atoms with E-state index in [1.54, 1.807) is 0 Å². The second kappa shape index (κ2) is 8.52. The lowest BCUT2D eigenvalue weighted by Crippen LogP contribution is -2.40. The van der Waals surface area contributed by atoms with E-state index in [4.69, 9.17) is 0 Å². The summed E-state index contributed by atoms with van der Waals surface area (Å²) >= 11 is 0. The van der Waals surface area contributed by atoms with Gasteiger partial charge in [-0.05, 0) is 43.6 Å². The molecular formula is C21H37NO. The van der Waals surface area contributed by atoms with Crippen molar-refractivity contribution in [3.05, 3.63) is 35.5 Å². The number of rotatable bonds is 6. The van der Waals surface area contributed by atoms with E-state index in [1.165, 1.54) is 5.57 Å². The Balaban J connectivity index is 5.12. The van der Waals surface area contributed by atoms with Crippen LogP contribution >= 0.6 is 0 Å². The smallest absolute Gasteiger partial charge is 0.223 e. The normalized spacial score (nSPS) is 14.2. The van der Waals surface area contributed by atoms with Crippen LogP contribution in [0.5, 0.6) is 0 Å². The zero-order chi connectivity index (χ0) is 18.4. The molecule has 0 spiro atoms. The standard InChI is InChI=1S/C21H37NO/c1-15(2)11-17(12-16(3)4)14-22-19(23)18(21(8,9)10)13-20(5,6)7/h11-12,18H,1,13-14H2,2-10H3,(H,22,23). The SMILES string of the molecule is C=C(C)C=C(C=C(C)C)CNC(=O)C(CC(C)(C)C)C(C)(C)C. The van der Waals surface area contributed by atoms with Crippen LogP contribution in [0.4, 0.5) is 0 Å². The third kappa shape index (κ3) is 10.1. The van der Waals surface area contributed by atoms with Gasteiger partial charge in [0.2, 0.25) is 5.91 Å². The number of amides is 1. The van der Waals surface area contributed by atoms with Crippen LogP contribution in [-0.2, 0) is 4.79 Å². The maximum absolute atomic E-state index is 12.8. The van der Waals surface area contributed by atoms with Gasteiger partial charge in [-0.3, -0.25) is 4.79 Å². The Kier molecular flexibility index (Phi) is 8.03. The molecule has 0 rings (SSSR count). The number of hydrogen-bond acceptors (Lipinski definition) is 1. The molecule has 0 aromatic rings. The molecule has 1 atom stereocenters. The van der Waals surface area contributed by atoms with Crippen molar-refractivity contribution in [2.75, 3.05) is 6.54 Å². The Morgan fingerprint density at radius 3 is 1.91 bits per heavy atom. The Morgan fingerprint density at radius 2 is 1.57 bits per heavy atom. The fourth-order valence-electron chi connectivity index (χ4n) is 2.55. The third-order valence-electron chi connectivity index (χ3n) is 3.55. The van der Waals surface area contributed by atoms with Gasteiger partial charge >= 0.3 is 0 Å². The summed E-state index contributed by atoms with van der Waals surface area (Å²) in [7, 11) is 0. The van der Waals surface area contributed by atoms with Gasteiger partial charge in [-0.1, -0.05) is 71.4 Å². The third-order valence-corrected chi connectivity index (χ3v) is 3.55. The van der Waals surface area contributed by atoms with Gasteiger partial charge in [-0.2, -0.15) is 0 Å². The summed E-state index contributed by atoms with van der Waals surface area (Å²) in [5.74, 6) is 0.141. The van der Waals surface area contributed by atoms with Crippen LogP contribution in [0, 0.1) is 16.7 Å². The quantitative estimate of drug-likeness (QED) is 0.628. The molecule has 0 fully saturated rings. The van der Waals surface area contributed by atoms with E-state index < -0.39 is 0 Å². The highest BCUT2D eigenvalue weighted by Gasteiger charge is 2.34. The van der Waals surface area contributed by atoms with Crippen molar-refractivity contribution in [2.24, 2.45) is 16.7 Å². The molecule has 132 valence electrons. The lowest BCUT2D eigenvalue weighted by Gasteiger charge is -2.34. The average Bonchev–Trinajstić information content (AvgIpc) is 2.28. The number of hydrogen-bond donors (Lipinski definition) is 1. The van der Waals surface area contributed by atoms with Gasteiger partial charge in [0.25, 0.3) is 0 Å². The molecule has 0 aromatic carbocycles. The highest BCUT2D eigenvalue weighted by atomic mass is 16.1. The van der Waals surface area contributed by atoms with E-state index in [0.717, 1.165) is 17.6 Å². The Bertz CT molecular complexity index is 477. The first-order chi connectivity index (χ1) is 10.2. The summed E-state index contributed by atoms with van der Waals surface area (Å²) in [6.07, 6.45) is 5.01. The monoisotopic (exact) mass is 319 g/mol. The van der Waals surface area contributed by atoms with E-state index in [9.17, 15) is 4.79 Å². The predicted octanol–water partition coefficient (Wildman–Crippen LogP) is 5.67. The molecule has 0 heterocycles. The molecule has 0 aliphatic carbocycles. The molecule has 2 nitrogen and oxygen atoms in total. The van der Waals surface area contributed by atoms with Crippen molar-refractivity contribution in [3.8, 4) is 0 Å². The first kappa shape index (κ1) is 21.7. The summed E-state index contributed by atoms with van der Waals surface area (Å²) in [6.45, 7) is 23.6. The summed E-state index contributed by atoms with van der Waals surface area (Å²) in [4.78, 5) is 12.8. The number of nitrogens with one attached hydrogen (secondary N) is 1. The van der Waals surface area contributed by atoms with Gasteiger partial charge < -0.3 is 5.32 Å².